The van der Waals surface area contributed by atoms with Crippen molar-refractivity contribution in [3.63, 3.8) is 0 Å². The molecule has 2 heterocycles. The molecule has 0 amide bonds. The number of piperidine rings is 1. The van der Waals surface area contributed by atoms with Gasteiger partial charge in [-0.1, -0.05) is 39.0 Å². The van der Waals surface area contributed by atoms with Gasteiger partial charge in [0.15, 0.2) is 0 Å². The molecule has 1 saturated carbocycles. The summed E-state index contributed by atoms with van der Waals surface area (Å²) in [6, 6.07) is 8.80. The molecule has 5 nitrogen and oxygen atoms in total. The Morgan fingerprint density at radius 2 is 1.63 bits per heavy atom. The van der Waals surface area contributed by atoms with E-state index in [9.17, 15) is 10.1 Å². The van der Waals surface area contributed by atoms with Gasteiger partial charge in [-0.15, -0.1) is 6.58 Å². The zero-order valence-electron chi connectivity index (χ0n) is 18.8. The van der Waals surface area contributed by atoms with Gasteiger partial charge < -0.3 is 5.32 Å². The Bertz CT molecular complexity index is 778. The van der Waals surface area contributed by atoms with Gasteiger partial charge in [-0.25, -0.2) is 0 Å². The average Bonchev–Trinajstić information content (AvgIpc) is 2.99. The van der Waals surface area contributed by atoms with Crippen LogP contribution in [-0.4, -0.2) is 33.5 Å². The fourth-order valence-electron chi connectivity index (χ4n) is 6.48. The maximum atomic E-state index is 11.5. The summed E-state index contributed by atoms with van der Waals surface area (Å²) >= 11 is 0. The summed E-state index contributed by atoms with van der Waals surface area (Å²) in [6.07, 6.45) is 11.8. The minimum Gasteiger partial charge on any atom is -0.370 e. The van der Waals surface area contributed by atoms with Crippen LogP contribution in [0.3, 0.4) is 0 Å². The van der Waals surface area contributed by atoms with Crippen molar-refractivity contribution < 1.29 is 4.92 Å². The molecule has 3 aliphatic rings. The number of anilines is 1. The summed E-state index contributed by atoms with van der Waals surface area (Å²) in [5, 5.41) is 15.0. The second-order valence-corrected chi connectivity index (χ2v) is 10.9. The Labute approximate surface area is 181 Å². The van der Waals surface area contributed by atoms with Crippen molar-refractivity contribution in [2.24, 2.45) is 11.3 Å². The lowest BCUT2D eigenvalue weighted by Crippen LogP contribution is -2.57. The molecule has 2 saturated heterocycles. The molecule has 164 valence electrons. The van der Waals surface area contributed by atoms with E-state index in [1.807, 2.05) is 18.2 Å². The molecule has 3 fully saturated rings. The number of benzene rings is 1. The number of nitrogens with one attached hydrogen (secondary N) is 1. The molecule has 1 aliphatic carbocycles. The second-order valence-electron chi connectivity index (χ2n) is 10.9. The van der Waals surface area contributed by atoms with Crippen LogP contribution in [0.1, 0.15) is 72.1 Å². The fraction of sp³-hybridized carbons (Fsp3) is 0.680. The lowest BCUT2D eigenvalue weighted by molar-refractivity contribution is -0.384. The van der Waals surface area contributed by atoms with Gasteiger partial charge in [-0.3, -0.25) is 15.0 Å². The first-order valence-electron chi connectivity index (χ1n) is 11.6. The minimum atomic E-state index is -0.295. The van der Waals surface area contributed by atoms with E-state index in [2.05, 4.69) is 37.6 Å². The van der Waals surface area contributed by atoms with Crippen LogP contribution < -0.4 is 5.32 Å². The van der Waals surface area contributed by atoms with Crippen molar-refractivity contribution in [1.29, 1.82) is 0 Å². The number of hydrogen-bond donors (Lipinski definition) is 1. The standard InChI is InChI=1S/C25H37N3O2/c1-5-25(26-22-8-6-7-9-23(22)28(29)30)16-20-14-15-21(17-25)27(20)19-12-10-18(11-13-19)24(2,3)4/h5-9,18-21,26H,1,10-17H2,2-4H3/t18-,19-,20-,21+,25+. The maximum absolute atomic E-state index is 11.5. The molecule has 2 bridgehead atoms. The van der Waals surface area contributed by atoms with E-state index in [1.165, 1.54) is 38.5 Å². The van der Waals surface area contributed by atoms with E-state index < -0.39 is 0 Å². The van der Waals surface area contributed by atoms with Crippen LogP contribution in [-0.2, 0) is 0 Å². The summed E-state index contributed by atoms with van der Waals surface area (Å²) in [5.74, 6) is 0.837. The Balaban J connectivity index is 1.48. The zero-order chi connectivity index (χ0) is 21.5. The highest BCUT2D eigenvalue weighted by atomic mass is 16.6. The highest BCUT2D eigenvalue weighted by molar-refractivity contribution is 5.63. The van der Waals surface area contributed by atoms with Gasteiger partial charge in [-0.2, -0.15) is 0 Å². The van der Waals surface area contributed by atoms with Crippen LogP contribution in [0, 0.1) is 21.4 Å². The lowest BCUT2D eigenvalue weighted by Gasteiger charge is -2.51. The van der Waals surface area contributed by atoms with E-state index >= 15 is 0 Å². The number of fused-ring (bicyclic) bond motifs is 2. The molecule has 0 unspecified atom stereocenters. The average molecular weight is 412 g/mol. The molecule has 0 aromatic heterocycles. The van der Waals surface area contributed by atoms with E-state index in [0.29, 0.717) is 29.2 Å². The molecule has 30 heavy (non-hydrogen) atoms. The van der Waals surface area contributed by atoms with E-state index in [-0.39, 0.29) is 16.1 Å². The SMILES string of the molecule is C=C[C@]1(Nc2ccccc2[N+](=O)[O-])C[C@H]2CC[C@@H](C1)N2[C@H]1CC[C@H](C(C)(C)C)CC1. The number of nitro groups is 1. The van der Waals surface area contributed by atoms with Crippen LogP contribution in [0.2, 0.25) is 0 Å². The highest BCUT2D eigenvalue weighted by Crippen LogP contribution is 2.48. The first-order chi connectivity index (χ1) is 14.2. The van der Waals surface area contributed by atoms with Crippen molar-refractivity contribution in [3.8, 4) is 0 Å². The maximum Gasteiger partial charge on any atom is 0.292 e. The third-order valence-corrected chi connectivity index (χ3v) is 8.09. The first kappa shape index (κ1) is 21.4. The number of rotatable bonds is 5. The molecule has 3 atom stereocenters. The Kier molecular flexibility index (Phi) is 5.69. The van der Waals surface area contributed by atoms with Gasteiger partial charge in [0.05, 0.1) is 10.5 Å². The largest absolute Gasteiger partial charge is 0.370 e. The number of para-hydroxylation sites is 2. The van der Waals surface area contributed by atoms with Crippen molar-refractivity contribution in [2.45, 2.75) is 95.8 Å². The van der Waals surface area contributed by atoms with Crippen LogP contribution >= 0.6 is 0 Å². The summed E-state index contributed by atoms with van der Waals surface area (Å²) in [7, 11) is 0. The predicted octanol–water partition coefficient (Wildman–Crippen LogP) is 6.16. The van der Waals surface area contributed by atoms with Gasteiger partial charge in [0.25, 0.3) is 5.69 Å². The van der Waals surface area contributed by atoms with E-state index in [1.54, 1.807) is 12.1 Å². The molecule has 4 rings (SSSR count). The predicted molar refractivity (Wildman–Crippen MR) is 123 cm³/mol. The Hall–Kier alpha value is -1.88. The number of nitro benzene ring substituents is 1. The zero-order valence-corrected chi connectivity index (χ0v) is 18.8. The van der Waals surface area contributed by atoms with Gasteiger partial charge in [0.2, 0.25) is 0 Å². The van der Waals surface area contributed by atoms with Gasteiger partial charge in [0.1, 0.15) is 5.69 Å². The Morgan fingerprint density at radius 1 is 1.07 bits per heavy atom. The number of nitrogens with zero attached hydrogens (tertiary/aromatic N) is 2. The lowest BCUT2D eigenvalue weighted by atomic mass is 9.70. The molecular weight excluding hydrogens is 374 g/mol. The summed E-state index contributed by atoms with van der Waals surface area (Å²) in [6.45, 7) is 11.3. The van der Waals surface area contributed by atoms with Crippen LogP contribution in [0.15, 0.2) is 36.9 Å². The summed E-state index contributed by atoms with van der Waals surface area (Å²) in [5.41, 5.74) is 0.907. The molecule has 0 radical (unpaired) electrons. The number of hydrogen-bond acceptors (Lipinski definition) is 4. The topological polar surface area (TPSA) is 58.4 Å². The summed E-state index contributed by atoms with van der Waals surface area (Å²) < 4.78 is 0. The van der Waals surface area contributed by atoms with E-state index in [4.69, 9.17) is 0 Å². The molecular formula is C25H37N3O2. The monoisotopic (exact) mass is 411 g/mol. The molecule has 1 aromatic rings. The fourth-order valence-corrected chi connectivity index (χ4v) is 6.48. The highest BCUT2D eigenvalue weighted by Gasteiger charge is 2.50. The van der Waals surface area contributed by atoms with Gasteiger partial charge in [0, 0.05) is 24.2 Å². The molecule has 0 spiro atoms. The van der Waals surface area contributed by atoms with Gasteiger partial charge in [-0.05, 0) is 68.8 Å². The van der Waals surface area contributed by atoms with Crippen LogP contribution in [0.5, 0.6) is 0 Å². The van der Waals surface area contributed by atoms with Crippen LogP contribution in [0.25, 0.3) is 0 Å². The third kappa shape index (κ3) is 4.01. The molecule has 1 aromatic carbocycles. The minimum absolute atomic E-state index is 0.147. The van der Waals surface area contributed by atoms with Crippen molar-refractivity contribution in [1.82, 2.24) is 4.90 Å². The molecule has 5 heteroatoms. The molecule has 1 N–H and O–H groups in total. The van der Waals surface area contributed by atoms with Gasteiger partial charge >= 0.3 is 0 Å². The molecule has 2 aliphatic heterocycles. The van der Waals surface area contributed by atoms with Crippen molar-refractivity contribution >= 4 is 11.4 Å². The van der Waals surface area contributed by atoms with E-state index in [0.717, 1.165) is 18.8 Å². The summed E-state index contributed by atoms with van der Waals surface area (Å²) in [4.78, 5) is 14.0. The van der Waals surface area contributed by atoms with Crippen molar-refractivity contribution in [3.05, 3.63) is 47.0 Å². The third-order valence-electron chi connectivity index (χ3n) is 8.09. The van der Waals surface area contributed by atoms with Crippen LogP contribution in [0.4, 0.5) is 11.4 Å². The first-order valence-corrected chi connectivity index (χ1v) is 11.6. The Morgan fingerprint density at radius 3 is 2.17 bits per heavy atom. The van der Waals surface area contributed by atoms with Crippen molar-refractivity contribution in [2.75, 3.05) is 5.32 Å². The second kappa shape index (κ2) is 7.99. The normalized spacial score (nSPS) is 34.5. The quantitative estimate of drug-likeness (QED) is 0.358. The smallest absolute Gasteiger partial charge is 0.292 e.